The lowest BCUT2D eigenvalue weighted by Gasteiger charge is -2.26. The molecule has 1 atom stereocenters. The molecule has 218 valence electrons. The van der Waals surface area contributed by atoms with E-state index >= 15 is 0 Å². The highest BCUT2D eigenvalue weighted by molar-refractivity contribution is 6.08. The molecule has 0 aliphatic heterocycles. The fourth-order valence-electron chi connectivity index (χ4n) is 6.40. The topological polar surface area (TPSA) is 75.6 Å². The first-order chi connectivity index (χ1) is 22.7. The molecule has 0 amide bonds. The Morgan fingerprint density at radius 2 is 1.17 bits per heavy atom. The van der Waals surface area contributed by atoms with E-state index in [1.807, 2.05) is 97.1 Å². The van der Waals surface area contributed by atoms with Crippen LogP contribution in [0.3, 0.4) is 0 Å². The van der Waals surface area contributed by atoms with Gasteiger partial charge in [0.05, 0.1) is 11.6 Å². The van der Waals surface area contributed by atoms with Crippen molar-refractivity contribution in [3.63, 3.8) is 0 Å². The summed E-state index contributed by atoms with van der Waals surface area (Å²) >= 11 is 0. The lowest BCUT2D eigenvalue weighted by Crippen LogP contribution is -2.08. The van der Waals surface area contributed by atoms with E-state index in [0.717, 1.165) is 62.1 Å². The van der Waals surface area contributed by atoms with Crippen LogP contribution < -0.4 is 0 Å². The molecule has 7 aromatic rings. The summed E-state index contributed by atoms with van der Waals surface area (Å²) in [4.78, 5) is 14.8. The molecular formula is C41H28N4O. The molecule has 1 unspecified atom stereocenters. The predicted molar refractivity (Wildman–Crippen MR) is 182 cm³/mol. The van der Waals surface area contributed by atoms with Crippen molar-refractivity contribution in [2.24, 2.45) is 0 Å². The van der Waals surface area contributed by atoms with Crippen LogP contribution in [-0.4, -0.2) is 15.0 Å². The van der Waals surface area contributed by atoms with Crippen LogP contribution in [0.4, 0.5) is 0 Å². The Morgan fingerprint density at radius 1 is 0.609 bits per heavy atom. The van der Waals surface area contributed by atoms with Crippen LogP contribution in [0.5, 0.6) is 0 Å². The molecule has 0 fully saturated rings. The molecule has 5 aromatic carbocycles. The van der Waals surface area contributed by atoms with Crippen molar-refractivity contribution in [1.82, 2.24) is 15.0 Å². The van der Waals surface area contributed by atoms with E-state index in [9.17, 15) is 5.26 Å². The van der Waals surface area contributed by atoms with Gasteiger partial charge in [-0.3, -0.25) is 0 Å². The third kappa shape index (κ3) is 4.87. The van der Waals surface area contributed by atoms with Crippen molar-refractivity contribution < 1.29 is 4.42 Å². The average Bonchev–Trinajstić information content (AvgIpc) is 3.53. The standard InChI is InChI=1S/C41H28N4O/c1-26-23-34(36(28-21-19-27(25-42)20-22-28)37-33-17-8-9-18-35(33)46-38(26)37)31-15-10-16-32(24-31)41-44-39(29-11-4-2-5-12-29)43-40(45-41)30-13-6-3-7-14-30/h2-22,24,26H,23H2,1H3. The molecule has 1 aliphatic rings. The van der Waals surface area contributed by atoms with Crippen molar-refractivity contribution >= 4 is 22.1 Å². The molecule has 2 heterocycles. The van der Waals surface area contributed by atoms with E-state index < -0.39 is 0 Å². The van der Waals surface area contributed by atoms with Crippen LogP contribution in [0.1, 0.15) is 47.3 Å². The van der Waals surface area contributed by atoms with E-state index in [0.29, 0.717) is 23.0 Å². The molecule has 0 spiro atoms. The second kappa shape index (κ2) is 11.4. The van der Waals surface area contributed by atoms with Crippen LogP contribution in [-0.2, 0) is 0 Å². The van der Waals surface area contributed by atoms with Crippen LogP contribution >= 0.6 is 0 Å². The number of fused-ring (bicyclic) bond motifs is 3. The van der Waals surface area contributed by atoms with Crippen molar-refractivity contribution in [2.45, 2.75) is 19.3 Å². The van der Waals surface area contributed by atoms with Crippen molar-refractivity contribution in [3.05, 3.63) is 161 Å². The van der Waals surface area contributed by atoms with Gasteiger partial charge in [-0.15, -0.1) is 0 Å². The van der Waals surface area contributed by atoms with Crippen LogP contribution in [0.15, 0.2) is 138 Å². The van der Waals surface area contributed by atoms with Crippen LogP contribution in [0, 0.1) is 11.3 Å². The summed E-state index contributed by atoms with van der Waals surface area (Å²) in [6.07, 6.45) is 0.799. The number of para-hydroxylation sites is 1. The first-order valence-corrected chi connectivity index (χ1v) is 15.4. The zero-order chi connectivity index (χ0) is 31.0. The molecule has 46 heavy (non-hydrogen) atoms. The lowest BCUT2D eigenvalue weighted by atomic mass is 9.77. The number of hydrogen-bond acceptors (Lipinski definition) is 5. The van der Waals surface area contributed by atoms with E-state index in [2.05, 4.69) is 49.4 Å². The Kier molecular flexibility index (Phi) is 6.81. The highest BCUT2D eigenvalue weighted by Crippen LogP contribution is 2.49. The second-order valence-corrected chi connectivity index (χ2v) is 11.6. The van der Waals surface area contributed by atoms with E-state index in [1.165, 1.54) is 5.57 Å². The van der Waals surface area contributed by atoms with Crippen LogP contribution in [0.2, 0.25) is 0 Å². The van der Waals surface area contributed by atoms with Gasteiger partial charge in [-0.1, -0.05) is 116 Å². The number of furan rings is 1. The summed E-state index contributed by atoms with van der Waals surface area (Å²) in [5, 5.41) is 10.6. The molecule has 8 rings (SSSR count). The maximum atomic E-state index is 9.50. The van der Waals surface area contributed by atoms with Gasteiger partial charge in [0.1, 0.15) is 11.3 Å². The SMILES string of the molecule is CC1CC(c2cccc(-c3nc(-c4ccccc4)nc(-c4ccccc4)n3)c2)=C(c2ccc(C#N)cc2)c2c1oc1ccccc21. The van der Waals surface area contributed by atoms with Gasteiger partial charge in [0.15, 0.2) is 17.5 Å². The third-order valence-electron chi connectivity index (χ3n) is 8.60. The summed E-state index contributed by atoms with van der Waals surface area (Å²) in [5.74, 6) is 3.06. The number of nitrogens with zero attached hydrogens (tertiary/aromatic N) is 4. The molecule has 0 saturated carbocycles. The zero-order valence-electron chi connectivity index (χ0n) is 25.2. The molecule has 0 saturated heterocycles. The minimum Gasteiger partial charge on any atom is -0.460 e. The predicted octanol–water partition coefficient (Wildman–Crippen LogP) is 9.96. The Labute approximate surface area is 267 Å². The number of allylic oxidation sites excluding steroid dienone is 1. The molecular weight excluding hydrogens is 564 g/mol. The highest BCUT2D eigenvalue weighted by atomic mass is 16.3. The fourth-order valence-corrected chi connectivity index (χ4v) is 6.40. The first-order valence-electron chi connectivity index (χ1n) is 15.4. The summed E-state index contributed by atoms with van der Waals surface area (Å²) in [5.41, 5.74) is 9.93. The summed E-state index contributed by atoms with van der Waals surface area (Å²) in [6, 6.07) is 46.9. The minimum absolute atomic E-state index is 0.176. The molecule has 1 aliphatic carbocycles. The van der Waals surface area contributed by atoms with Gasteiger partial charge >= 0.3 is 0 Å². The van der Waals surface area contributed by atoms with Gasteiger partial charge in [0.2, 0.25) is 0 Å². The Bertz CT molecular complexity index is 2240. The van der Waals surface area contributed by atoms with Gasteiger partial charge in [0.25, 0.3) is 0 Å². The number of benzene rings is 5. The average molecular weight is 593 g/mol. The maximum Gasteiger partial charge on any atom is 0.164 e. The van der Waals surface area contributed by atoms with Crippen LogP contribution in [0.25, 0.3) is 56.3 Å². The molecule has 5 heteroatoms. The van der Waals surface area contributed by atoms with E-state index in [-0.39, 0.29) is 5.92 Å². The monoisotopic (exact) mass is 592 g/mol. The quantitative estimate of drug-likeness (QED) is 0.199. The smallest absolute Gasteiger partial charge is 0.164 e. The number of nitriles is 1. The first kappa shape index (κ1) is 27.4. The van der Waals surface area contributed by atoms with Crippen molar-refractivity contribution in [3.8, 4) is 40.2 Å². The maximum absolute atomic E-state index is 9.50. The normalized spacial score (nSPS) is 14.2. The molecule has 0 radical (unpaired) electrons. The van der Waals surface area contributed by atoms with Crippen molar-refractivity contribution in [2.75, 3.05) is 0 Å². The summed E-state index contributed by atoms with van der Waals surface area (Å²) in [6.45, 7) is 2.23. The highest BCUT2D eigenvalue weighted by Gasteiger charge is 2.31. The second-order valence-electron chi connectivity index (χ2n) is 11.6. The Morgan fingerprint density at radius 3 is 1.83 bits per heavy atom. The Balaban J connectivity index is 1.34. The van der Waals surface area contributed by atoms with Crippen molar-refractivity contribution in [1.29, 1.82) is 5.26 Å². The van der Waals surface area contributed by atoms with E-state index in [1.54, 1.807) is 0 Å². The zero-order valence-corrected chi connectivity index (χ0v) is 25.2. The number of rotatable bonds is 5. The van der Waals surface area contributed by atoms with Gasteiger partial charge in [0, 0.05) is 33.6 Å². The van der Waals surface area contributed by atoms with Gasteiger partial charge in [-0.25, -0.2) is 15.0 Å². The van der Waals surface area contributed by atoms with Gasteiger partial charge < -0.3 is 4.42 Å². The van der Waals surface area contributed by atoms with E-state index in [4.69, 9.17) is 19.4 Å². The molecule has 0 N–H and O–H groups in total. The third-order valence-corrected chi connectivity index (χ3v) is 8.60. The van der Waals surface area contributed by atoms with Gasteiger partial charge in [-0.2, -0.15) is 5.26 Å². The van der Waals surface area contributed by atoms with Gasteiger partial charge in [-0.05, 0) is 53.0 Å². The lowest BCUT2D eigenvalue weighted by molar-refractivity contribution is 0.505. The number of aromatic nitrogens is 3. The molecule has 5 nitrogen and oxygen atoms in total. The summed E-state index contributed by atoms with van der Waals surface area (Å²) in [7, 11) is 0. The minimum atomic E-state index is 0.176. The summed E-state index contributed by atoms with van der Waals surface area (Å²) < 4.78 is 6.47. The molecule has 0 bridgehead atoms. The Hall–Kier alpha value is -6.12. The largest absolute Gasteiger partial charge is 0.460 e. The fraction of sp³-hybridized carbons (Fsp3) is 0.0732. The number of hydrogen-bond donors (Lipinski definition) is 0. The molecule has 2 aromatic heterocycles.